The number of nitrogen functional groups attached to an aromatic ring is 1. The molecule has 5 heteroatoms. The van der Waals surface area contributed by atoms with Crippen LogP contribution in [-0.2, 0) is 6.54 Å². The maximum absolute atomic E-state index is 11.7. The van der Waals surface area contributed by atoms with Crippen molar-refractivity contribution >= 4 is 43.5 Å². The number of fused-ring (bicyclic) bond motifs is 1. The van der Waals surface area contributed by atoms with Crippen LogP contribution in [0.2, 0.25) is 0 Å². The molecule has 0 aromatic heterocycles. The lowest BCUT2D eigenvalue weighted by molar-refractivity contribution is 0.0816. The van der Waals surface area contributed by atoms with Crippen molar-refractivity contribution in [1.29, 1.82) is 0 Å². The lowest BCUT2D eigenvalue weighted by Gasteiger charge is -2.06. The second-order valence-corrected chi connectivity index (χ2v) is 4.93. The number of benzene rings is 1. The molecule has 0 saturated carbocycles. The second kappa shape index (κ2) is 3.24. The fourth-order valence-electron chi connectivity index (χ4n) is 1.56. The summed E-state index contributed by atoms with van der Waals surface area (Å²) in [5.74, 6) is 0.0195. The summed E-state index contributed by atoms with van der Waals surface area (Å²) in [5, 5.41) is 0. The van der Waals surface area contributed by atoms with Crippen molar-refractivity contribution in [3.8, 4) is 0 Å². The van der Waals surface area contributed by atoms with Gasteiger partial charge in [0.15, 0.2) is 0 Å². The molecule has 74 valence electrons. The molecule has 0 aliphatic carbocycles. The highest BCUT2D eigenvalue weighted by Gasteiger charge is 2.28. The number of hydrogen-bond acceptors (Lipinski definition) is 2. The van der Waals surface area contributed by atoms with E-state index in [2.05, 4.69) is 31.9 Å². The predicted octanol–water partition coefficient (Wildman–Crippen LogP) is 2.38. The predicted molar refractivity (Wildman–Crippen MR) is 62.1 cm³/mol. The normalized spacial score (nSPS) is 14.8. The van der Waals surface area contributed by atoms with Crippen molar-refractivity contribution in [2.75, 3.05) is 12.8 Å². The monoisotopic (exact) mass is 318 g/mol. The zero-order valence-electron chi connectivity index (χ0n) is 7.47. The third kappa shape index (κ3) is 1.26. The van der Waals surface area contributed by atoms with Crippen LogP contribution < -0.4 is 5.73 Å². The molecule has 1 heterocycles. The number of carbonyl (C=O) groups is 1. The quantitative estimate of drug-likeness (QED) is 0.746. The molecule has 1 aromatic rings. The molecule has 0 spiro atoms. The fraction of sp³-hybridized carbons (Fsp3) is 0.222. The maximum atomic E-state index is 11.7. The van der Waals surface area contributed by atoms with Gasteiger partial charge in [0.1, 0.15) is 0 Å². The topological polar surface area (TPSA) is 46.3 Å². The molecule has 1 aliphatic heterocycles. The number of nitrogens with zero attached hydrogens (tertiary/aromatic N) is 1. The van der Waals surface area contributed by atoms with Gasteiger partial charge in [0.05, 0.1) is 15.7 Å². The largest absolute Gasteiger partial charge is 0.397 e. The lowest BCUT2D eigenvalue weighted by Crippen LogP contribution is -2.17. The standard InChI is InChI=1S/C9H8Br2N2O/c1-13-3-4-2-5(10)8(12)7(11)6(4)9(13)14/h2H,3,12H2,1H3. The Hall–Kier alpha value is -0.550. The Kier molecular flexibility index (Phi) is 2.31. The van der Waals surface area contributed by atoms with Gasteiger partial charge in [0.2, 0.25) is 0 Å². The number of anilines is 1. The minimum Gasteiger partial charge on any atom is -0.397 e. The summed E-state index contributed by atoms with van der Waals surface area (Å²) in [4.78, 5) is 13.4. The molecule has 0 bridgehead atoms. The van der Waals surface area contributed by atoms with E-state index in [0.717, 1.165) is 10.0 Å². The Morgan fingerprint density at radius 1 is 1.50 bits per heavy atom. The van der Waals surface area contributed by atoms with Gasteiger partial charge in [-0.1, -0.05) is 0 Å². The van der Waals surface area contributed by atoms with Gasteiger partial charge < -0.3 is 10.6 Å². The highest BCUT2D eigenvalue weighted by atomic mass is 79.9. The van der Waals surface area contributed by atoms with E-state index in [-0.39, 0.29) is 5.91 Å². The van der Waals surface area contributed by atoms with Gasteiger partial charge in [-0.25, -0.2) is 0 Å². The van der Waals surface area contributed by atoms with Crippen molar-refractivity contribution in [3.05, 3.63) is 26.1 Å². The zero-order valence-corrected chi connectivity index (χ0v) is 10.6. The highest BCUT2D eigenvalue weighted by Crippen LogP contribution is 2.37. The number of amides is 1. The van der Waals surface area contributed by atoms with Gasteiger partial charge in [0.25, 0.3) is 5.91 Å². The van der Waals surface area contributed by atoms with Crippen molar-refractivity contribution in [2.45, 2.75) is 6.54 Å². The van der Waals surface area contributed by atoms with Gasteiger partial charge in [-0.2, -0.15) is 0 Å². The van der Waals surface area contributed by atoms with Gasteiger partial charge in [-0.15, -0.1) is 0 Å². The van der Waals surface area contributed by atoms with Crippen LogP contribution in [0, 0.1) is 0 Å². The summed E-state index contributed by atoms with van der Waals surface area (Å²) in [7, 11) is 1.78. The molecule has 0 unspecified atom stereocenters. The van der Waals surface area contributed by atoms with Crippen LogP contribution in [0.15, 0.2) is 15.0 Å². The molecule has 0 fully saturated rings. The number of nitrogens with two attached hydrogens (primary N) is 1. The third-order valence-corrected chi connectivity index (χ3v) is 3.78. The number of carbonyl (C=O) groups excluding carboxylic acids is 1. The molecule has 2 rings (SSSR count). The average molecular weight is 320 g/mol. The van der Waals surface area contributed by atoms with E-state index in [1.54, 1.807) is 11.9 Å². The Labute approximate surface area is 98.5 Å². The Bertz CT molecular complexity index is 431. The smallest absolute Gasteiger partial charge is 0.255 e. The van der Waals surface area contributed by atoms with Crippen molar-refractivity contribution in [2.24, 2.45) is 0 Å². The van der Waals surface area contributed by atoms with Crippen LogP contribution in [-0.4, -0.2) is 17.9 Å². The molecule has 0 saturated heterocycles. The molecule has 3 nitrogen and oxygen atoms in total. The van der Waals surface area contributed by atoms with E-state index < -0.39 is 0 Å². The van der Waals surface area contributed by atoms with E-state index in [1.165, 1.54) is 0 Å². The Morgan fingerprint density at radius 2 is 2.14 bits per heavy atom. The first-order valence-electron chi connectivity index (χ1n) is 4.04. The Morgan fingerprint density at radius 3 is 2.79 bits per heavy atom. The molecule has 0 radical (unpaired) electrons. The second-order valence-electron chi connectivity index (χ2n) is 3.28. The summed E-state index contributed by atoms with van der Waals surface area (Å²) in [6.45, 7) is 0.644. The molecule has 1 aromatic carbocycles. The maximum Gasteiger partial charge on any atom is 0.255 e. The van der Waals surface area contributed by atoms with Crippen molar-refractivity contribution in [1.82, 2.24) is 4.90 Å². The molecule has 0 atom stereocenters. The lowest BCUT2D eigenvalue weighted by atomic mass is 10.1. The molecular weight excluding hydrogens is 312 g/mol. The van der Waals surface area contributed by atoms with Crippen LogP contribution in [0.4, 0.5) is 5.69 Å². The summed E-state index contributed by atoms with van der Waals surface area (Å²) in [5.41, 5.74) is 8.07. The molecule has 2 N–H and O–H groups in total. The molecule has 1 aliphatic rings. The SMILES string of the molecule is CN1Cc2cc(Br)c(N)c(Br)c2C1=O. The first kappa shape index (κ1) is 9.98. The first-order chi connectivity index (χ1) is 6.52. The number of rotatable bonds is 0. The molecule has 14 heavy (non-hydrogen) atoms. The van der Waals surface area contributed by atoms with E-state index in [9.17, 15) is 4.79 Å². The van der Waals surface area contributed by atoms with E-state index in [4.69, 9.17) is 5.73 Å². The van der Waals surface area contributed by atoms with E-state index in [1.807, 2.05) is 6.07 Å². The van der Waals surface area contributed by atoms with Gasteiger partial charge >= 0.3 is 0 Å². The Balaban J connectivity index is 2.71. The number of halogens is 2. The summed E-state index contributed by atoms with van der Waals surface area (Å²) < 4.78 is 1.52. The van der Waals surface area contributed by atoms with E-state index in [0.29, 0.717) is 22.3 Å². The highest BCUT2D eigenvalue weighted by molar-refractivity contribution is 9.11. The van der Waals surface area contributed by atoms with Crippen LogP contribution >= 0.6 is 31.9 Å². The molecule has 1 amide bonds. The van der Waals surface area contributed by atoms with Crippen LogP contribution in [0.1, 0.15) is 15.9 Å². The summed E-state index contributed by atoms with van der Waals surface area (Å²) in [6.07, 6.45) is 0. The van der Waals surface area contributed by atoms with Gasteiger partial charge in [0, 0.05) is 18.1 Å². The fourth-order valence-corrected chi connectivity index (χ4v) is 2.94. The van der Waals surface area contributed by atoms with E-state index >= 15 is 0 Å². The number of hydrogen-bond donors (Lipinski definition) is 1. The van der Waals surface area contributed by atoms with Crippen LogP contribution in [0.3, 0.4) is 0 Å². The van der Waals surface area contributed by atoms with Crippen molar-refractivity contribution < 1.29 is 4.79 Å². The molecular formula is C9H8Br2N2O. The minimum atomic E-state index is 0.0195. The van der Waals surface area contributed by atoms with Crippen molar-refractivity contribution in [3.63, 3.8) is 0 Å². The first-order valence-corrected chi connectivity index (χ1v) is 5.62. The summed E-state index contributed by atoms with van der Waals surface area (Å²) >= 11 is 6.70. The third-order valence-electron chi connectivity index (χ3n) is 2.30. The average Bonchev–Trinajstić information content (AvgIpc) is 2.39. The minimum absolute atomic E-state index is 0.0195. The van der Waals surface area contributed by atoms with Gasteiger partial charge in [-0.05, 0) is 43.5 Å². The van der Waals surface area contributed by atoms with Crippen LogP contribution in [0.25, 0.3) is 0 Å². The van der Waals surface area contributed by atoms with Gasteiger partial charge in [-0.3, -0.25) is 4.79 Å². The van der Waals surface area contributed by atoms with Crippen LogP contribution in [0.5, 0.6) is 0 Å². The summed E-state index contributed by atoms with van der Waals surface area (Å²) in [6, 6.07) is 1.90. The zero-order chi connectivity index (χ0) is 10.5.